The van der Waals surface area contributed by atoms with Crippen molar-refractivity contribution in [3.63, 3.8) is 0 Å². The number of carboxylic acid groups (broad SMARTS) is 1. The van der Waals surface area contributed by atoms with Gasteiger partial charge in [0.15, 0.2) is 0 Å². The van der Waals surface area contributed by atoms with Crippen LogP contribution in [0.15, 0.2) is 30.3 Å². The molecule has 2 aromatic carbocycles. The highest BCUT2D eigenvalue weighted by molar-refractivity contribution is 5.91. The lowest BCUT2D eigenvalue weighted by Crippen LogP contribution is -2.12. The van der Waals surface area contributed by atoms with Crippen molar-refractivity contribution in [1.82, 2.24) is 0 Å². The third-order valence-corrected chi connectivity index (χ3v) is 3.89. The second-order valence-corrected chi connectivity index (χ2v) is 7.10. The van der Waals surface area contributed by atoms with Crippen LogP contribution in [0.2, 0.25) is 0 Å². The molecule has 0 aromatic heterocycles. The maximum atomic E-state index is 11.5. The molecule has 2 aromatic rings. The van der Waals surface area contributed by atoms with Crippen molar-refractivity contribution in [2.24, 2.45) is 0 Å². The van der Waals surface area contributed by atoms with Gasteiger partial charge in [-0.3, -0.25) is 0 Å². The van der Waals surface area contributed by atoms with Gasteiger partial charge in [-0.25, -0.2) is 4.79 Å². The lowest BCUT2D eigenvalue weighted by Gasteiger charge is -2.21. The summed E-state index contributed by atoms with van der Waals surface area (Å²) in [6.45, 7) is 12.3. The fourth-order valence-corrected chi connectivity index (χ4v) is 2.69. The average Bonchev–Trinajstić information content (AvgIpc) is 2.41. The highest BCUT2D eigenvalue weighted by atomic mass is 16.5. The van der Waals surface area contributed by atoms with E-state index in [1.807, 2.05) is 45.0 Å². The normalized spacial score (nSPS) is 11.4. The van der Waals surface area contributed by atoms with E-state index in [9.17, 15) is 9.90 Å². The summed E-state index contributed by atoms with van der Waals surface area (Å²) in [5.41, 5.74) is 4.30. The first-order valence-electron chi connectivity index (χ1n) is 7.73. The van der Waals surface area contributed by atoms with Crippen LogP contribution >= 0.6 is 0 Å². The van der Waals surface area contributed by atoms with Gasteiger partial charge in [-0.05, 0) is 55.0 Å². The molecule has 0 saturated carbocycles. The van der Waals surface area contributed by atoms with Gasteiger partial charge >= 0.3 is 5.97 Å². The van der Waals surface area contributed by atoms with Crippen molar-refractivity contribution in [3.8, 4) is 11.5 Å². The third-order valence-electron chi connectivity index (χ3n) is 3.89. The Labute approximate surface area is 137 Å². The van der Waals surface area contributed by atoms with Gasteiger partial charge in [0.25, 0.3) is 0 Å². The minimum Gasteiger partial charge on any atom is -0.478 e. The van der Waals surface area contributed by atoms with Gasteiger partial charge < -0.3 is 9.84 Å². The molecular weight excluding hydrogens is 288 g/mol. The van der Waals surface area contributed by atoms with Crippen molar-refractivity contribution in [1.29, 1.82) is 0 Å². The zero-order valence-corrected chi connectivity index (χ0v) is 14.7. The largest absolute Gasteiger partial charge is 0.478 e. The summed E-state index contributed by atoms with van der Waals surface area (Å²) in [5, 5.41) is 9.44. The summed E-state index contributed by atoms with van der Waals surface area (Å²) in [6.07, 6.45) is 0. The van der Waals surface area contributed by atoms with E-state index in [0.717, 1.165) is 28.0 Å². The molecule has 0 aliphatic carbocycles. The molecular formula is C20H24O3. The maximum Gasteiger partial charge on any atom is 0.339 e. The minimum absolute atomic E-state index is 0.0769. The number of carbonyl (C=O) groups is 1. The van der Waals surface area contributed by atoms with E-state index in [1.165, 1.54) is 0 Å². The monoisotopic (exact) mass is 312 g/mol. The Bertz CT molecular complexity index is 729. The first-order valence-corrected chi connectivity index (χ1v) is 7.73. The molecule has 2 rings (SSSR count). The van der Waals surface area contributed by atoms with Crippen LogP contribution in [-0.4, -0.2) is 11.1 Å². The van der Waals surface area contributed by atoms with Gasteiger partial charge in [0.05, 0.1) is 0 Å². The predicted octanol–water partition coefficient (Wildman–Crippen LogP) is 5.40. The number of hydrogen-bond donors (Lipinski definition) is 1. The van der Waals surface area contributed by atoms with Gasteiger partial charge in [0.2, 0.25) is 0 Å². The third kappa shape index (κ3) is 3.73. The molecule has 1 N–H and O–H groups in total. The molecule has 0 aliphatic heterocycles. The summed E-state index contributed by atoms with van der Waals surface area (Å²) in [5.74, 6) is 0.131. The van der Waals surface area contributed by atoms with Crippen molar-refractivity contribution >= 4 is 5.97 Å². The Morgan fingerprint density at radius 3 is 2.04 bits per heavy atom. The maximum absolute atomic E-state index is 11.5. The topological polar surface area (TPSA) is 46.5 Å². The highest BCUT2D eigenvalue weighted by Gasteiger charge is 2.20. The van der Waals surface area contributed by atoms with Gasteiger partial charge in [0.1, 0.15) is 17.1 Å². The van der Waals surface area contributed by atoms with E-state index in [-0.39, 0.29) is 11.0 Å². The standard InChI is InChI=1S/C20H24O3/c1-12-9-13(2)18(14(3)10-12)23-17-11-15(20(4,5)6)7-8-16(17)19(21)22/h7-11H,1-6H3,(H,21,22). The summed E-state index contributed by atoms with van der Waals surface area (Å²) in [4.78, 5) is 11.5. The fraction of sp³-hybridized carbons (Fsp3) is 0.350. The minimum atomic E-state index is -0.983. The first-order chi connectivity index (χ1) is 10.6. The Morgan fingerprint density at radius 2 is 1.57 bits per heavy atom. The molecule has 0 spiro atoms. The summed E-state index contributed by atoms with van der Waals surface area (Å²) in [6, 6.07) is 9.39. The van der Waals surface area contributed by atoms with Crippen molar-refractivity contribution in [2.45, 2.75) is 47.0 Å². The Morgan fingerprint density at radius 1 is 1.00 bits per heavy atom. The Hall–Kier alpha value is -2.29. The van der Waals surface area contributed by atoms with Gasteiger partial charge in [0, 0.05) is 0 Å². The molecule has 122 valence electrons. The summed E-state index contributed by atoms with van der Waals surface area (Å²) in [7, 11) is 0. The predicted molar refractivity (Wildman–Crippen MR) is 92.8 cm³/mol. The quantitative estimate of drug-likeness (QED) is 0.825. The van der Waals surface area contributed by atoms with Gasteiger partial charge in [-0.15, -0.1) is 0 Å². The molecule has 0 saturated heterocycles. The Kier molecular flexibility index (Phi) is 4.51. The van der Waals surface area contributed by atoms with E-state index in [1.54, 1.807) is 6.07 Å². The SMILES string of the molecule is Cc1cc(C)c(Oc2cc(C(C)(C)C)ccc2C(=O)O)c(C)c1. The number of rotatable bonds is 3. The first kappa shape index (κ1) is 17.1. The van der Waals surface area contributed by atoms with Gasteiger partial charge in [-0.2, -0.15) is 0 Å². The summed E-state index contributed by atoms with van der Waals surface area (Å²) >= 11 is 0. The van der Waals surface area contributed by atoms with E-state index in [2.05, 4.69) is 20.8 Å². The molecule has 0 aliphatic rings. The molecule has 0 heterocycles. The van der Waals surface area contributed by atoms with E-state index in [0.29, 0.717) is 5.75 Å². The number of carboxylic acids is 1. The molecule has 0 bridgehead atoms. The van der Waals surface area contributed by atoms with Gasteiger partial charge in [-0.1, -0.05) is 44.5 Å². The van der Waals surface area contributed by atoms with Crippen molar-refractivity contribution in [3.05, 3.63) is 58.1 Å². The second kappa shape index (κ2) is 6.07. The van der Waals surface area contributed by atoms with Crippen LogP contribution in [0.3, 0.4) is 0 Å². The van der Waals surface area contributed by atoms with E-state index < -0.39 is 5.97 Å². The highest BCUT2D eigenvalue weighted by Crippen LogP contribution is 2.34. The number of aryl methyl sites for hydroxylation is 3. The molecule has 23 heavy (non-hydrogen) atoms. The van der Waals surface area contributed by atoms with Crippen molar-refractivity contribution in [2.75, 3.05) is 0 Å². The van der Waals surface area contributed by atoms with Crippen molar-refractivity contribution < 1.29 is 14.6 Å². The van der Waals surface area contributed by atoms with Crippen LogP contribution in [0.4, 0.5) is 0 Å². The fourth-order valence-electron chi connectivity index (χ4n) is 2.69. The van der Waals surface area contributed by atoms with Crippen LogP contribution in [0.25, 0.3) is 0 Å². The number of benzene rings is 2. The second-order valence-electron chi connectivity index (χ2n) is 7.10. The number of hydrogen-bond acceptors (Lipinski definition) is 2. The van der Waals surface area contributed by atoms with Crippen LogP contribution < -0.4 is 4.74 Å². The molecule has 0 unspecified atom stereocenters. The Balaban J connectivity index is 2.56. The lowest BCUT2D eigenvalue weighted by atomic mass is 9.86. The van der Waals surface area contributed by atoms with Crippen LogP contribution in [0.5, 0.6) is 11.5 Å². The molecule has 0 radical (unpaired) electrons. The molecule has 3 heteroatoms. The zero-order valence-electron chi connectivity index (χ0n) is 14.7. The van der Waals surface area contributed by atoms with Crippen LogP contribution in [-0.2, 0) is 5.41 Å². The average molecular weight is 312 g/mol. The molecule has 3 nitrogen and oxygen atoms in total. The smallest absolute Gasteiger partial charge is 0.339 e. The zero-order chi connectivity index (χ0) is 17.4. The van der Waals surface area contributed by atoms with E-state index >= 15 is 0 Å². The van der Waals surface area contributed by atoms with Crippen LogP contribution in [0, 0.1) is 20.8 Å². The summed E-state index contributed by atoms with van der Waals surface area (Å²) < 4.78 is 6.04. The lowest BCUT2D eigenvalue weighted by molar-refractivity contribution is 0.0694. The molecule has 0 atom stereocenters. The van der Waals surface area contributed by atoms with Crippen LogP contribution in [0.1, 0.15) is 53.4 Å². The van der Waals surface area contributed by atoms with E-state index in [4.69, 9.17) is 4.74 Å². The molecule has 0 amide bonds. The number of aromatic carboxylic acids is 1. The number of ether oxygens (including phenoxy) is 1. The molecule has 0 fully saturated rings.